The molecule has 1 radical (unpaired) electrons. The fraction of sp³-hybridized carbons (Fsp3) is 0. The van der Waals surface area contributed by atoms with Crippen molar-refractivity contribution in [2.45, 2.75) is 0 Å². The Morgan fingerprint density at radius 3 is 2.75 bits per heavy atom. The second-order valence-corrected chi connectivity index (χ2v) is 1.38. The Labute approximate surface area is 46.4 Å². The molecular weight excluding hydrogens is 107 g/mol. The van der Waals surface area contributed by atoms with Crippen LogP contribution in [0.2, 0.25) is 0 Å². The summed E-state index contributed by atoms with van der Waals surface area (Å²) < 4.78 is 12.0. The molecule has 0 fully saturated rings. The topological polar surface area (TPSA) is 20.2 Å². The van der Waals surface area contributed by atoms with E-state index in [1.165, 1.54) is 12.1 Å². The Kier molecular flexibility index (Phi) is 1.16. The van der Waals surface area contributed by atoms with Crippen molar-refractivity contribution in [2.24, 2.45) is 0 Å². The van der Waals surface area contributed by atoms with Crippen molar-refractivity contribution in [1.29, 1.82) is 0 Å². The summed E-state index contributed by atoms with van der Waals surface area (Å²) in [6.45, 7) is 0. The largest absolute Gasteiger partial charge is 0.505 e. The van der Waals surface area contributed by atoms with Gasteiger partial charge in [0.15, 0.2) is 11.6 Å². The number of phenolic OH excluding ortho intramolecular Hbond substituents is 1. The fourth-order valence-electron chi connectivity index (χ4n) is 0.403. The SMILES string of the molecule is Oc1c[c]ccc1F. The summed E-state index contributed by atoms with van der Waals surface area (Å²) in [5, 5.41) is 8.51. The number of halogens is 1. The fourth-order valence-corrected chi connectivity index (χ4v) is 0.403. The van der Waals surface area contributed by atoms with Crippen LogP contribution in [0.3, 0.4) is 0 Å². The van der Waals surface area contributed by atoms with Crippen molar-refractivity contribution in [3.05, 3.63) is 30.1 Å². The molecule has 0 unspecified atom stereocenters. The second-order valence-electron chi connectivity index (χ2n) is 1.38. The maximum atomic E-state index is 12.0. The average molecular weight is 111 g/mol. The van der Waals surface area contributed by atoms with E-state index in [4.69, 9.17) is 5.11 Å². The van der Waals surface area contributed by atoms with Crippen LogP contribution in [0.25, 0.3) is 0 Å². The van der Waals surface area contributed by atoms with E-state index in [2.05, 4.69) is 6.07 Å². The minimum atomic E-state index is -0.608. The number of rotatable bonds is 0. The average Bonchev–Trinajstić information content (AvgIpc) is 1.77. The number of hydrogen-bond acceptors (Lipinski definition) is 1. The van der Waals surface area contributed by atoms with Crippen LogP contribution in [-0.4, -0.2) is 5.11 Å². The van der Waals surface area contributed by atoms with Gasteiger partial charge < -0.3 is 5.11 Å². The lowest BCUT2D eigenvalue weighted by atomic mass is 10.3. The molecule has 1 N–H and O–H groups in total. The summed E-state index contributed by atoms with van der Waals surface area (Å²) in [5.41, 5.74) is 0. The Morgan fingerprint density at radius 1 is 1.62 bits per heavy atom. The van der Waals surface area contributed by atoms with Gasteiger partial charge in [0.05, 0.1) is 0 Å². The minimum Gasteiger partial charge on any atom is -0.505 e. The highest BCUT2D eigenvalue weighted by Crippen LogP contribution is 2.10. The highest BCUT2D eigenvalue weighted by atomic mass is 19.1. The molecule has 0 atom stereocenters. The van der Waals surface area contributed by atoms with E-state index < -0.39 is 5.82 Å². The summed E-state index contributed by atoms with van der Waals surface area (Å²) >= 11 is 0. The van der Waals surface area contributed by atoms with Crippen molar-refractivity contribution >= 4 is 0 Å². The van der Waals surface area contributed by atoms with Crippen LogP contribution >= 0.6 is 0 Å². The zero-order valence-electron chi connectivity index (χ0n) is 4.06. The van der Waals surface area contributed by atoms with Gasteiger partial charge in [-0.15, -0.1) is 0 Å². The first-order valence-electron chi connectivity index (χ1n) is 2.15. The number of phenols is 1. The van der Waals surface area contributed by atoms with Gasteiger partial charge in [-0.3, -0.25) is 0 Å². The van der Waals surface area contributed by atoms with Gasteiger partial charge in [-0.25, -0.2) is 4.39 Å². The van der Waals surface area contributed by atoms with Crippen LogP contribution in [0.4, 0.5) is 4.39 Å². The first-order valence-corrected chi connectivity index (χ1v) is 2.15. The Bertz CT molecular complexity index is 165. The van der Waals surface area contributed by atoms with Crippen LogP contribution in [0.15, 0.2) is 18.2 Å². The molecule has 0 saturated carbocycles. The number of benzene rings is 1. The normalized spacial score (nSPS) is 9.12. The summed E-state index contributed by atoms with van der Waals surface area (Å²) in [7, 11) is 0. The quantitative estimate of drug-likeness (QED) is 0.535. The molecule has 0 spiro atoms. The third kappa shape index (κ3) is 0.780. The standard InChI is InChI=1S/C6H4FO/c7-5-3-1-2-4-6(5)8/h1,3-4,8H. The molecule has 2 heteroatoms. The molecule has 0 amide bonds. The molecule has 8 heavy (non-hydrogen) atoms. The molecule has 0 bridgehead atoms. The Hall–Kier alpha value is -1.05. The van der Waals surface area contributed by atoms with E-state index in [1.54, 1.807) is 0 Å². The lowest BCUT2D eigenvalue weighted by Crippen LogP contribution is -1.70. The lowest BCUT2D eigenvalue weighted by Gasteiger charge is -1.87. The minimum absolute atomic E-state index is 0.354. The van der Waals surface area contributed by atoms with Crippen LogP contribution in [0.1, 0.15) is 0 Å². The third-order valence-electron chi connectivity index (χ3n) is 0.791. The van der Waals surface area contributed by atoms with Gasteiger partial charge in [0, 0.05) is 0 Å². The molecular formula is C6H4FO. The van der Waals surface area contributed by atoms with E-state index in [9.17, 15) is 4.39 Å². The summed E-state index contributed by atoms with van der Waals surface area (Å²) in [6.07, 6.45) is 0. The molecule has 0 aliphatic heterocycles. The van der Waals surface area contributed by atoms with Gasteiger partial charge in [-0.2, -0.15) is 0 Å². The predicted molar refractivity (Wildman–Crippen MR) is 26.9 cm³/mol. The van der Waals surface area contributed by atoms with Crippen LogP contribution in [0, 0.1) is 11.9 Å². The van der Waals surface area contributed by atoms with Gasteiger partial charge in [-0.1, -0.05) is 6.07 Å². The molecule has 1 nitrogen and oxygen atoms in total. The maximum Gasteiger partial charge on any atom is 0.164 e. The van der Waals surface area contributed by atoms with E-state index >= 15 is 0 Å². The third-order valence-corrected chi connectivity index (χ3v) is 0.791. The zero-order valence-corrected chi connectivity index (χ0v) is 4.06. The highest BCUT2D eigenvalue weighted by molar-refractivity contribution is 5.20. The summed E-state index contributed by atoms with van der Waals surface area (Å²) in [4.78, 5) is 0. The van der Waals surface area contributed by atoms with E-state index in [1.807, 2.05) is 0 Å². The van der Waals surface area contributed by atoms with Crippen LogP contribution < -0.4 is 0 Å². The number of aromatic hydroxyl groups is 1. The van der Waals surface area contributed by atoms with E-state index in [0.717, 1.165) is 6.07 Å². The van der Waals surface area contributed by atoms with Crippen molar-refractivity contribution in [3.8, 4) is 5.75 Å². The Morgan fingerprint density at radius 2 is 2.38 bits per heavy atom. The van der Waals surface area contributed by atoms with Crippen molar-refractivity contribution in [2.75, 3.05) is 0 Å². The predicted octanol–water partition coefficient (Wildman–Crippen LogP) is 1.33. The van der Waals surface area contributed by atoms with Crippen molar-refractivity contribution in [1.82, 2.24) is 0 Å². The molecule has 1 aromatic carbocycles. The molecule has 41 valence electrons. The second kappa shape index (κ2) is 1.82. The Balaban J connectivity index is 3.13. The van der Waals surface area contributed by atoms with Gasteiger partial charge in [0.2, 0.25) is 0 Å². The molecule has 0 saturated heterocycles. The van der Waals surface area contributed by atoms with Crippen LogP contribution in [0.5, 0.6) is 5.75 Å². The van der Waals surface area contributed by atoms with Gasteiger partial charge >= 0.3 is 0 Å². The van der Waals surface area contributed by atoms with Gasteiger partial charge in [-0.05, 0) is 18.2 Å². The van der Waals surface area contributed by atoms with E-state index in [-0.39, 0.29) is 5.75 Å². The van der Waals surface area contributed by atoms with Gasteiger partial charge in [0.25, 0.3) is 0 Å². The summed E-state index contributed by atoms with van der Waals surface area (Å²) in [5.74, 6) is -0.962. The van der Waals surface area contributed by atoms with Crippen LogP contribution in [-0.2, 0) is 0 Å². The first-order chi connectivity index (χ1) is 3.80. The zero-order chi connectivity index (χ0) is 5.98. The molecule has 1 rings (SSSR count). The smallest absolute Gasteiger partial charge is 0.164 e. The summed E-state index contributed by atoms with van der Waals surface area (Å²) in [6, 6.07) is 6.23. The molecule has 0 aliphatic carbocycles. The van der Waals surface area contributed by atoms with Crippen molar-refractivity contribution in [3.63, 3.8) is 0 Å². The van der Waals surface area contributed by atoms with E-state index in [0.29, 0.717) is 0 Å². The molecule has 0 heterocycles. The van der Waals surface area contributed by atoms with Gasteiger partial charge in [0.1, 0.15) is 0 Å². The molecule has 0 aromatic heterocycles. The molecule has 1 aromatic rings. The maximum absolute atomic E-state index is 12.0. The monoisotopic (exact) mass is 111 g/mol. The first kappa shape index (κ1) is 5.09. The van der Waals surface area contributed by atoms with Crippen molar-refractivity contribution < 1.29 is 9.50 Å². The number of hydrogen-bond donors (Lipinski definition) is 1. The highest BCUT2D eigenvalue weighted by Gasteiger charge is 1.92. The lowest BCUT2D eigenvalue weighted by molar-refractivity contribution is 0.432. The molecule has 0 aliphatic rings.